The van der Waals surface area contributed by atoms with Crippen LogP contribution in [0.3, 0.4) is 0 Å². The molecule has 0 bridgehead atoms. The van der Waals surface area contributed by atoms with Crippen LogP contribution in [0.25, 0.3) is 0 Å². The summed E-state index contributed by atoms with van der Waals surface area (Å²) in [5.41, 5.74) is 3.84. The van der Waals surface area contributed by atoms with Crippen molar-refractivity contribution in [3.8, 4) is 0 Å². The van der Waals surface area contributed by atoms with Crippen molar-refractivity contribution in [2.24, 2.45) is 4.99 Å². The van der Waals surface area contributed by atoms with Crippen LogP contribution >= 0.6 is 0 Å². The molecule has 0 aliphatic carbocycles. The van der Waals surface area contributed by atoms with Gasteiger partial charge in [0.1, 0.15) is 11.9 Å². The molecule has 0 spiro atoms. The van der Waals surface area contributed by atoms with Crippen LogP contribution < -0.4 is 10.2 Å². The quantitative estimate of drug-likeness (QED) is 0.664. The van der Waals surface area contributed by atoms with Crippen LogP contribution in [0.4, 0.5) is 0 Å². The van der Waals surface area contributed by atoms with Gasteiger partial charge < -0.3 is 0 Å². The smallest absolute Gasteiger partial charge is 0.268 e. The summed E-state index contributed by atoms with van der Waals surface area (Å²) in [6, 6.07) is 15.3. The van der Waals surface area contributed by atoms with E-state index in [2.05, 4.69) is 15.2 Å². The summed E-state index contributed by atoms with van der Waals surface area (Å²) < 4.78 is 26.9. The fourth-order valence-electron chi connectivity index (χ4n) is 2.87. The molecule has 1 amide bonds. The fourth-order valence-corrected chi connectivity index (χ4v) is 4.11. The summed E-state index contributed by atoms with van der Waals surface area (Å²) in [7, 11) is -3.64. The van der Waals surface area contributed by atoms with Crippen LogP contribution in [0.15, 0.2) is 64.5 Å². The van der Waals surface area contributed by atoms with Crippen molar-refractivity contribution in [1.82, 2.24) is 10.2 Å². The van der Waals surface area contributed by atoms with Crippen molar-refractivity contribution < 1.29 is 18.0 Å². The molecule has 2 aromatic rings. The number of carbonyl (C=O) groups excluding carboxylic acids is 1. The highest BCUT2D eigenvalue weighted by Crippen LogP contribution is 2.23. The number of amides is 1. The van der Waals surface area contributed by atoms with E-state index in [1.165, 1.54) is 6.07 Å². The molecule has 28 heavy (non-hydrogen) atoms. The van der Waals surface area contributed by atoms with E-state index in [1.54, 1.807) is 18.2 Å². The van der Waals surface area contributed by atoms with Crippen molar-refractivity contribution in [1.29, 1.82) is 0 Å². The van der Waals surface area contributed by atoms with Crippen LogP contribution in [0.1, 0.15) is 37.3 Å². The molecule has 8 heteroatoms. The SMILES string of the molecule is CCCC[C@@H](N=C1NS(=O)(=O)c2ccccc21)C(=O)NOCc1ccccc1. The lowest BCUT2D eigenvalue weighted by molar-refractivity contribution is -0.136. The van der Waals surface area contributed by atoms with E-state index in [9.17, 15) is 13.2 Å². The lowest BCUT2D eigenvalue weighted by Crippen LogP contribution is -2.35. The maximum Gasteiger partial charge on any atom is 0.268 e. The van der Waals surface area contributed by atoms with Crippen LogP contribution in [-0.4, -0.2) is 26.2 Å². The minimum atomic E-state index is -3.64. The van der Waals surface area contributed by atoms with Crippen molar-refractivity contribution in [2.75, 3.05) is 0 Å². The van der Waals surface area contributed by atoms with Gasteiger partial charge in [0.25, 0.3) is 15.9 Å². The number of nitrogens with one attached hydrogen (secondary N) is 2. The maximum atomic E-state index is 12.6. The summed E-state index contributed by atoms with van der Waals surface area (Å²) in [5, 5.41) is 0. The van der Waals surface area contributed by atoms with Crippen molar-refractivity contribution in [3.05, 3.63) is 65.7 Å². The van der Waals surface area contributed by atoms with Crippen LogP contribution in [0.5, 0.6) is 0 Å². The number of amidine groups is 1. The molecule has 0 saturated heterocycles. The molecule has 2 N–H and O–H groups in total. The molecule has 3 rings (SSSR count). The summed E-state index contributed by atoms with van der Waals surface area (Å²) in [5.74, 6) is -0.213. The minimum absolute atomic E-state index is 0.170. The zero-order chi connectivity index (χ0) is 20.0. The van der Waals surface area contributed by atoms with E-state index in [0.717, 1.165) is 18.4 Å². The number of nitrogens with zero attached hydrogens (tertiary/aromatic N) is 1. The molecule has 0 saturated carbocycles. The average Bonchev–Trinajstić information content (AvgIpc) is 2.96. The number of hydrogen-bond donors (Lipinski definition) is 2. The Morgan fingerprint density at radius 3 is 2.61 bits per heavy atom. The molecule has 0 aromatic heterocycles. The standard InChI is InChI=1S/C20H23N3O4S/c1-2-3-12-17(20(24)22-27-14-15-9-5-4-6-10-15)21-19-16-11-7-8-13-18(16)28(25,26)23-19/h4-11,13,17H,2-3,12,14H2,1H3,(H,21,23)(H,22,24)/t17-/m1/s1. The van der Waals surface area contributed by atoms with Gasteiger partial charge in [-0.3, -0.25) is 19.3 Å². The Bertz CT molecular complexity index is 958. The summed E-state index contributed by atoms with van der Waals surface area (Å²) in [6.45, 7) is 2.25. The Morgan fingerprint density at radius 1 is 1.14 bits per heavy atom. The number of sulfonamides is 1. The molecule has 2 aromatic carbocycles. The number of hydrogen-bond acceptors (Lipinski definition) is 5. The molecule has 0 unspecified atom stereocenters. The highest BCUT2D eigenvalue weighted by atomic mass is 32.2. The Labute approximate surface area is 164 Å². The third kappa shape index (κ3) is 4.76. The lowest BCUT2D eigenvalue weighted by atomic mass is 10.1. The normalized spacial score (nSPS) is 17.0. The van der Waals surface area contributed by atoms with Gasteiger partial charge in [-0.15, -0.1) is 0 Å². The van der Waals surface area contributed by atoms with Gasteiger partial charge in [0.15, 0.2) is 0 Å². The van der Waals surface area contributed by atoms with Crippen LogP contribution in [0, 0.1) is 0 Å². The van der Waals surface area contributed by atoms with E-state index in [1.807, 2.05) is 37.3 Å². The van der Waals surface area contributed by atoms with E-state index in [0.29, 0.717) is 12.0 Å². The Morgan fingerprint density at radius 2 is 1.86 bits per heavy atom. The summed E-state index contributed by atoms with van der Waals surface area (Å²) in [4.78, 5) is 22.5. The van der Waals surface area contributed by atoms with Gasteiger partial charge in [0, 0.05) is 5.56 Å². The molecule has 0 fully saturated rings. The van der Waals surface area contributed by atoms with E-state index in [4.69, 9.17) is 4.84 Å². The number of rotatable bonds is 8. The first-order valence-corrected chi connectivity index (χ1v) is 10.6. The van der Waals surface area contributed by atoms with Crippen LogP contribution in [-0.2, 0) is 26.3 Å². The van der Waals surface area contributed by atoms with Gasteiger partial charge >= 0.3 is 0 Å². The third-order valence-electron chi connectivity index (χ3n) is 4.34. The third-order valence-corrected chi connectivity index (χ3v) is 5.73. The number of carbonyl (C=O) groups is 1. The first kappa shape index (κ1) is 20.0. The Hall–Kier alpha value is -2.71. The monoisotopic (exact) mass is 401 g/mol. The molecule has 7 nitrogen and oxygen atoms in total. The molecular formula is C20H23N3O4S. The van der Waals surface area contributed by atoms with Gasteiger partial charge in [-0.2, -0.15) is 0 Å². The number of unbranched alkanes of at least 4 members (excludes halogenated alkanes) is 1. The van der Waals surface area contributed by atoms with Gasteiger partial charge in [-0.05, 0) is 24.1 Å². The number of aliphatic imine (C=N–C) groups is 1. The highest BCUT2D eigenvalue weighted by Gasteiger charge is 2.31. The van der Waals surface area contributed by atoms with Gasteiger partial charge in [0.2, 0.25) is 0 Å². The molecule has 1 aliphatic rings. The van der Waals surface area contributed by atoms with E-state index < -0.39 is 22.0 Å². The first-order chi connectivity index (χ1) is 13.5. The first-order valence-electron chi connectivity index (χ1n) is 9.17. The largest absolute Gasteiger partial charge is 0.270 e. The zero-order valence-corrected chi connectivity index (χ0v) is 16.4. The average molecular weight is 401 g/mol. The van der Waals surface area contributed by atoms with Gasteiger partial charge in [-0.25, -0.2) is 13.9 Å². The Balaban J connectivity index is 1.73. The molecule has 148 valence electrons. The summed E-state index contributed by atoms with van der Waals surface area (Å²) >= 11 is 0. The van der Waals surface area contributed by atoms with E-state index in [-0.39, 0.29) is 17.3 Å². The predicted octanol–water partition coefficient (Wildman–Crippen LogP) is 2.53. The molecule has 0 radical (unpaired) electrons. The number of hydroxylamine groups is 1. The van der Waals surface area contributed by atoms with Gasteiger partial charge in [-0.1, -0.05) is 62.2 Å². The second kappa shape index (κ2) is 8.99. The second-order valence-corrected chi connectivity index (χ2v) is 8.13. The maximum absolute atomic E-state index is 12.6. The molecule has 1 heterocycles. The Kier molecular flexibility index (Phi) is 6.43. The predicted molar refractivity (Wildman–Crippen MR) is 106 cm³/mol. The highest BCUT2D eigenvalue weighted by molar-refractivity contribution is 7.90. The second-order valence-electron chi connectivity index (χ2n) is 6.48. The summed E-state index contributed by atoms with van der Waals surface area (Å²) in [6.07, 6.45) is 2.16. The van der Waals surface area contributed by atoms with Crippen LogP contribution in [0.2, 0.25) is 0 Å². The lowest BCUT2D eigenvalue weighted by Gasteiger charge is -2.14. The topological polar surface area (TPSA) is 96.9 Å². The molecular weight excluding hydrogens is 378 g/mol. The van der Waals surface area contributed by atoms with E-state index >= 15 is 0 Å². The molecule has 1 aliphatic heterocycles. The number of benzene rings is 2. The number of fused-ring (bicyclic) bond motifs is 1. The van der Waals surface area contributed by atoms with Crippen molar-refractivity contribution in [3.63, 3.8) is 0 Å². The minimum Gasteiger partial charge on any atom is -0.270 e. The van der Waals surface area contributed by atoms with Crippen molar-refractivity contribution >= 4 is 21.8 Å². The molecule has 1 atom stereocenters. The van der Waals surface area contributed by atoms with Crippen molar-refractivity contribution in [2.45, 2.75) is 43.7 Å². The van der Waals surface area contributed by atoms with Gasteiger partial charge in [0.05, 0.1) is 11.5 Å². The zero-order valence-electron chi connectivity index (χ0n) is 15.6. The fraction of sp³-hybridized carbons (Fsp3) is 0.300.